The second-order valence-corrected chi connectivity index (χ2v) is 16.1. The van der Waals surface area contributed by atoms with Crippen molar-refractivity contribution in [3.63, 3.8) is 0 Å². The first-order chi connectivity index (χ1) is 23.1. The van der Waals surface area contributed by atoms with Crippen LogP contribution in [0.5, 0.6) is 0 Å². The smallest absolute Gasteiger partial charge is 0.311 e. The number of hydrogen-bond donors (Lipinski definition) is 3. The summed E-state index contributed by atoms with van der Waals surface area (Å²) < 4.78 is 43.9. The number of esters is 1. The van der Waals surface area contributed by atoms with E-state index in [1.807, 2.05) is 46.7 Å². The van der Waals surface area contributed by atoms with Crippen LogP contribution >= 0.6 is 0 Å². The fourth-order valence-corrected chi connectivity index (χ4v) is 8.59. The minimum atomic E-state index is -1.63. The van der Waals surface area contributed by atoms with Crippen LogP contribution in [-0.4, -0.2) is 131 Å². The molecule has 50 heavy (non-hydrogen) atoms. The molecular formula is C37H63NO12. The maximum absolute atomic E-state index is 14.2. The zero-order valence-corrected chi connectivity index (χ0v) is 32.3. The number of Topliss-reactive ketones (excluding diaryl/α,β-unsaturated/α-hetero) is 1. The lowest BCUT2D eigenvalue weighted by Gasteiger charge is -2.48. The second kappa shape index (κ2) is 15.4. The van der Waals surface area contributed by atoms with Crippen molar-refractivity contribution < 1.29 is 58.1 Å². The lowest BCUT2D eigenvalue weighted by molar-refractivity contribution is -0.317. The van der Waals surface area contributed by atoms with Gasteiger partial charge >= 0.3 is 5.97 Å². The largest absolute Gasteiger partial charge is 0.479 e. The van der Waals surface area contributed by atoms with Crippen LogP contribution < -0.4 is 0 Å². The number of ether oxygens (including phenoxy) is 7. The number of likely N-dealkylation sites (N-methyl/N-ethyl adjacent to an activating group) is 1. The van der Waals surface area contributed by atoms with E-state index in [4.69, 9.17) is 33.2 Å². The van der Waals surface area contributed by atoms with Crippen LogP contribution in [0.3, 0.4) is 0 Å². The number of carbonyl (C=O) groups excluding carboxylic acids is 2. The van der Waals surface area contributed by atoms with Crippen molar-refractivity contribution in [2.24, 2.45) is 17.8 Å². The molecule has 0 amide bonds. The van der Waals surface area contributed by atoms with E-state index >= 15 is 0 Å². The van der Waals surface area contributed by atoms with Crippen LogP contribution in [-0.2, 0) is 42.7 Å². The Morgan fingerprint density at radius 1 is 0.980 bits per heavy atom. The fourth-order valence-electron chi connectivity index (χ4n) is 8.59. The van der Waals surface area contributed by atoms with Crippen LogP contribution in [0.2, 0.25) is 0 Å². The lowest BCUT2D eigenvalue weighted by Crippen LogP contribution is -2.60. The topological polar surface area (TPSA) is 163 Å². The molecule has 0 spiro atoms. The summed E-state index contributed by atoms with van der Waals surface area (Å²) in [5.41, 5.74) is -3.67. The Bertz CT molecular complexity index is 1260. The molecule has 0 aliphatic carbocycles. The SMILES string of the molecule is CC[C@@H]1OC(=O)[C@H](C)[C@@H](O[C@H]2C[C@@](C)(OC)[C@@H](O)[C@H](C)O2)[C@H](C)[C@H](O[C@@H]2O[C@@H](C)C[C@H](N(C)C)[C@H]2O)[C@](C)(O)C[C@H](C)C2=C(C)C(=O)[C@]1(C)O2. The van der Waals surface area contributed by atoms with E-state index in [-0.39, 0.29) is 30.8 Å². The van der Waals surface area contributed by atoms with Gasteiger partial charge in [0.2, 0.25) is 11.4 Å². The summed E-state index contributed by atoms with van der Waals surface area (Å²) in [5.74, 6) is -2.61. The monoisotopic (exact) mass is 713 g/mol. The minimum absolute atomic E-state index is 0.102. The van der Waals surface area contributed by atoms with Crippen LogP contribution in [0.15, 0.2) is 11.3 Å². The van der Waals surface area contributed by atoms with Gasteiger partial charge in [0.1, 0.15) is 24.1 Å². The van der Waals surface area contributed by atoms with Crippen molar-refractivity contribution in [2.75, 3.05) is 21.2 Å². The van der Waals surface area contributed by atoms with Crippen molar-refractivity contribution in [3.8, 4) is 0 Å². The van der Waals surface area contributed by atoms with E-state index in [1.165, 1.54) is 7.11 Å². The normalized spacial score (nSPS) is 48.1. The van der Waals surface area contributed by atoms with Crippen molar-refractivity contribution in [2.45, 2.75) is 173 Å². The summed E-state index contributed by atoms with van der Waals surface area (Å²) in [6.07, 6.45) is -6.74. The summed E-state index contributed by atoms with van der Waals surface area (Å²) in [6, 6.07) is -0.275. The molecule has 13 heteroatoms. The van der Waals surface area contributed by atoms with E-state index in [1.54, 1.807) is 41.5 Å². The molecule has 0 radical (unpaired) electrons. The summed E-state index contributed by atoms with van der Waals surface area (Å²) in [6.45, 7) is 17.6. The van der Waals surface area contributed by atoms with Gasteiger partial charge < -0.3 is 53.4 Å². The molecule has 3 saturated heterocycles. The molecule has 4 aliphatic rings. The Balaban J connectivity index is 1.83. The zero-order chi connectivity index (χ0) is 37.7. The number of hydrogen-bond acceptors (Lipinski definition) is 13. The molecule has 4 rings (SSSR count). The molecule has 2 bridgehead atoms. The minimum Gasteiger partial charge on any atom is -0.479 e. The third kappa shape index (κ3) is 7.82. The molecule has 4 heterocycles. The molecule has 13 nitrogen and oxygen atoms in total. The van der Waals surface area contributed by atoms with Gasteiger partial charge in [-0.05, 0) is 81.8 Å². The highest BCUT2D eigenvalue weighted by Gasteiger charge is 2.56. The van der Waals surface area contributed by atoms with E-state index in [0.717, 1.165) is 0 Å². The summed E-state index contributed by atoms with van der Waals surface area (Å²) >= 11 is 0. The number of nitrogens with zero attached hydrogens (tertiary/aromatic N) is 1. The second-order valence-electron chi connectivity index (χ2n) is 16.1. The quantitative estimate of drug-likeness (QED) is 0.331. The van der Waals surface area contributed by atoms with E-state index in [9.17, 15) is 24.9 Å². The highest BCUT2D eigenvalue weighted by molar-refractivity contribution is 6.04. The standard InChI is InChI=1S/C37H63NO12/c1-14-25-37(10)30(40)20(4)28(50-37)18(2)16-35(8,43)32(49-34-27(39)24(38(11)12)15-19(3)45-34)21(5)29(22(6)33(42)47-25)48-26-17-36(9,44-13)31(41)23(7)46-26/h18-19,21-27,29,31-32,34,39,41,43H,14-17H2,1-13H3/t18-,19-,21-,22+,23-,24-,25-,26-,27+,29-,31-,32-,34-,35+,36+,37+/m0/s1. The van der Waals surface area contributed by atoms with Gasteiger partial charge in [-0.3, -0.25) is 9.59 Å². The van der Waals surface area contributed by atoms with Gasteiger partial charge in [-0.1, -0.05) is 20.8 Å². The number of aliphatic hydroxyl groups excluding tert-OH is 2. The lowest BCUT2D eigenvalue weighted by atomic mass is 9.77. The number of aliphatic hydroxyl groups is 3. The Kier molecular flexibility index (Phi) is 12.6. The number of allylic oxidation sites excluding steroid dienone is 1. The van der Waals surface area contributed by atoms with Crippen LogP contribution in [0, 0.1) is 17.8 Å². The first-order valence-electron chi connectivity index (χ1n) is 18.2. The highest BCUT2D eigenvalue weighted by atomic mass is 16.7. The van der Waals surface area contributed by atoms with Crippen LogP contribution in [0.1, 0.15) is 94.9 Å². The molecule has 0 aromatic carbocycles. The van der Waals surface area contributed by atoms with Gasteiger partial charge in [-0.15, -0.1) is 0 Å². The van der Waals surface area contributed by atoms with E-state index in [0.29, 0.717) is 24.2 Å². The van der Waals surface area contributed by atoms with E-state index in [2.05, 4.69) is 0 Å². The van der Waals surface area contributed by atoms with Crippen molar-refractivity contribution in [1.29, 1.82) is 0 Å². The predicted molar refractivity (Wildman–Crippen MR) is 183 cm³/mol. The number of rotatable bonds is 7. The molecular weight excluding hydrogens is 650 g/mol. The Morgan fingerprint density at radius 3 is 2.20 bits per heavy atom. The zero-order valence-electron chi connectivity index (χ0n) is 32.3. The molecule has 0 aromatic heterocycles. The van der Waals surface area contributed by atoms with E-state index < -0.39 is 89.7 Å². The van der Waals surface area contributed by atoms with Gasteiger partial charge in [-0.25, -0.2) is 0 Å². The Labute approximate surface area is 297 Å². The molecule has 0 saturated carbocycles. The predicted octanol–water partition coefficient (Wildman–Crippen LogP) is 3.10. The summed E-state index contributed by atoms with van der Waals surface area (Å²) in [4.78, 5) is 29.8. The first-order valence-corrected chi connectivity index (χ1v) is 18.2. The number of carbonyl (C=O) groups is 2. The molecule has 3 N–H and O–H groups in total. The maximum atomic E-state index is 14.2. The maximum Gasteiger partial charge on any atom is 0.311 e. The van der Waals surface area contributed by atoms with Crippen LogP contribution in [0.4, 0.5) is 0 Å². The van der Waals surface area contributed by atoms with Gasteiger partial charge in [0.25, 0.3) is 0 Å². The highest BCUT2D eigenvalue weighted by Crippen LogP contribution is 2.44. The average molecular weight is 714 g/mol. The summed E-state index contributed by atoms with van der Waals surface area (Å²) in [5, 5.41) is 34.9. The van der Waals surface area contributed by atoms with Gasteiger partial charge in [0.15, 0.2) is 12.6 Å². The molecule has 0 aromatic rings. The fraction of sp³-hybridized carbons (Fsp3) is 0.892. The summed E-state index contributed by atoms with van der Waals surface area (Å²) in [7, 11) is 5.27. The van der Waals surface area contributed by atoms with Crippen molar-refractivity contribution >= 4 is 11.8 Å². The first kappa shape index (κ1) is 41.1. The molecule has 16 atom stereocenters. The average Bonchev–Trinajstić information content (AvgIpc) is 3.28. The van der Waals surface area contributed by atoms with Crippen molar-refractivity contribution in [3.05, 3.63) is 11.3 Å². The Hall–Kier alpha value is -1.68. The molecule has 288 valence electrons. The molecule has 4 aliphatic heterocycles. The third-order valence-corrected chi connectivity index (χ3v) is 11.7. The molecule has 3 fully saturated rings. The third-order valence-electron chi connectivity index (χ3n) is 11.7. The Morgan fingerprint density at radius 2 is 1.62 bits per heavy atom. The van der Waals surface area contributed by atoms with Gasteiger partial charge in [0, 0.05) is 37.0 Å². The van der Waals surface area contributed by atoms with Crippen LogP contribution in [0.25, 0.3) is 0 Å². The van der Waals surface area contributed by atoms with Crippen molar-refractivity contribution in [1.82, 2.24) is 4.90 Å². The number of cyclic esters (lactones) is 1. The van der Waals surface area contributed by atoms with Gasteiger partial charge in [0.05, 0.1) is 41.5 Å². The molecule has 0 unspecified atom stereocenters. The van der Waals surface area contributed by atoms with Gasteiger partial charge in [-0.2, -0.15) is 0 Å². The number of methoxy groups -OCH3 is 1. The number of ketones is 1. The number of fused-ring (bicyclic) bond motifs is 2.